The number of benzene rings is 2. The average Bonchev–Trinajstić information content (AvgIpc) is 2.84. The van der Waals surface area contributed by atoms with Gasteiger partial charge in [-0.1, -0.05) is 39.0 Å². The van der Waals surface area contributed by atoms with Crippen molar-refractivity contribution in [3.8, 4) is 0 Å². The molecule has 0 saturated heterocycles. The fourth-order valence-electron chi connectivity index (χ4n) is 3.44. The van der Waals surface area contributed by atoms with Crippen molar-refractivity contribution in [2.24, 2.45) is 5.14 Å². The van der Waals surface area contributed by atoms with Crippen LogP contribution in [0, 0.1) is 0 Å². The van der Waals surface area contributed by atoms with E-state index in [0.717, 1.165) is 17.0 Å². The van der Waals surface area contributed by atoms with E-state index in [0.29, 0.717) is 37.9 Å². The first-order chi connectivity index (χ1) is 18.6. The van der Waals surface area contributed by atoms with Crippen molar-refractivity contribution in [3.63, 3.8) is 0 Å². The van der Waals surface area contributed by atoms with Gasteiger partial charge in [0.05, 0.1) is 10.6 Å². The Bertz CT molecular complexity index is 1370. The smallest absolute Gasteiger partial charge is 0.416 e. The van der Waals surface area contributed by atoms with Gasteiger partial charge in [0, 0.05) is 29.8 Å². The minimum atomic E-state index is -5.88. The quantitative estimate of drug-likeness (QED) is 0.201. The SMILES string of the molecule is CN(CCO[Si](C)(C)C(C)(C)C)CCC(CSc1ccccc1)Nc1ccc(S(N)(=O)=O)cc1S(=O)(=O)C(F)(F)F. The number of sulfonamides is 1. The lowest BCUT2D eigenvalue weighted by Gasteiger charge is -2.36. The Hall–Kier alpha value is -1.62. The molecule has 0 aromatic heterocycles. The van der Waals surface area contributed by atoms with Gasteiger partial charge in [-0.15, -0.1) is 11.8 Å². The zero-order valence-corrected chi connectivity index (χ0v) is 27.6. The van der Waals surface area contributed by atoms with Gasteiger partial charge in [0.1, 0.15) is 4.90 Å². The molecule has 41 heavy (non-hydrogen) atoms. The first-order valence-electron chi connectivity index (χ1n) is 12.9. The Labute approximate surface area is 247 Å². The second-order valence-electron chi connectivity index (χ2n) is 11.3. The summed E-state index contributed by atoms with van der Waals surface area (Å²) in [5.74, 6) is 0.404. The molecule has 0 bridgehead atoms. The van der Waals surface area contributed by atoms with Crippen LogP contribution < -0.4 is 10.5 Å². The summed E-state index contributed by atoms with van der Waals surface area (Å²) in [5.41, 5.74) is -5.99. The Kier molecular flexibility index (Phi) is 12.0. The fraction of sp³-hybridized carbons (Fsp3) is 0.538. The van der Waals surface area contributed by atoms with E-state index in [9.17, 15) is 30.0 Å². The molecule has 0 aliphatic carbocycles. The van der Waals surface area contributed by atoms with E-state index >= 15 is 0 Å². The fourth-order valence-corrected chi connectivity index (χ4v) is 7.03. The highest BCUT2D eigenvalue weighted by Gasteiger charge is 2.48. The van der Waals surface area contributed by atoms with Crippen molar-refractivity contribution in [1.82, 2.24) is 4.90 Å². The highest BCUT2D eigenvalue weighted by atomic mass is 32.2. The number of likely N-dealkylation sites (N-methyl/N-ethyl adjacent to an activating group) is 1. The van der Waals surface area contributed by atoms with E-state index in [1.165, 1.54) is 11.8 Å². The van der Waals surface area contributed by atoms with E-state index in [1.807, 2.05) is 42.3 Å². The monoisotopic (exact) mass is 655 g/mol. The molecule has 0 aliphatic rings. The topological polar surface area (TPSA) is 119 Å². The van der Waals surface area contributed by atoms with Gasteiger partial charge in [0.25, 0.3) is 9.84 Å². The molecule has 2 rings (SSSR count). The zero-order valence-electron chi connectivity index (χ0n) is 24.2. The summed E-state index contributed by atoms with van der Waals surface area (Å²) in [6.07, 6.45) is 0.457. The minimum absolute atomic E-state index is 0.0719. The minimum Gasteiger partial charge on any atom is -0.416 e. The van der Waals surface area contributed by atoms with E-state index in [1.54, 1.807) is 0 Å². The zero-order chi connectivity index (χ0) is 31.3. The number of rotatable bonds is 14. The molecule has 0 saturated carbocycles. The van der Waals surface area contributed by atoms with Crippen molar-refractivity contribution in [2.45, 2.75) is 71.6 Å². The number of nitrogens with zero attached hydrogens (tertiary/aromatic N) is 1. The van der Waals surface area contributed by atoms with Crippen LogP contribution in [0.3, 0.4) is 0 Å². The summed E-state index contributed by atoms with van der Waals surface area (Å²) in [6.45, 7) is 12.5. The number of thioether (sulfide) groups is 1. The summed E-state index contributed by atoms with van der Waals surface area (Å²) < 4.78 is 95.3. The van der Waals surface area contributed by atoms with Crippen LogP contribution in [0.15, 0.2) is 63.2 Å². The van der Waals surface area contributed by atoms with Crippen LogP contribution in [0.1, 0.15) is 27.2 Å². The molecule has 0 fully saturated rings. The Morgan fingerprint density at radius 2 is 1.63 bits per heavy atom. The standard InChI is InChI=1S/C26H40F3N3O5S3Si/c1-25(2,3)41(5,6)37-17-16-32(4)15-14-20(19-38-21-10-8-7-9-11-21)31-23-13-12-22(40(30,35)36)18-24(23)39(33,34)26(27,28)29/h7-13,18,20,31H,14-17,19H2,1-6H3,(H2,30,35,36). The molecule has 2 aromatic carbocycles. The largest absolute Gasteiger partial charge is 0.501 e. The molecule has 0 heterocycles. The lowest BCUT2D eigenvalue weighted by atomic mass is 10.2. The van der Waals surface area contributed by atoms with Crippen LogP contribution >= 0.6 is 11.8 Å². The number of hydrogen-bond donors (Lipinski definition) is 2. The molecule has 3 N–H and O–H groups in total. The van der Waals surface area contributed by atoms with Crippen LogP contribution in [0.5, 0.6) is 0 Å². The van der Waals surface area contributed by atoms with Crippen molar-refractivity contribution in [1.29, 1.82) is 0 Å². The molecule has 8 nitrogen and oxygen atoms in total. The predicted octanol–water partition coefficient (Wildman–Crippen LogP) is 5.54. The summed E-state index contributed by atoms with van der Waals surface area (Å²) in [4.78, 5) is 1.06. The van der Waals surface area contributed by atoms with Crippen LogP contribution in [-0.4, -0.2) is 74.1 Å². The highest BCUT2D eigenvalue weighted by molar-refractivity contribution is 7.99. The molecule has 0 radical (unpaired) electrons. The summed E-state index contributed by atoms with van der Waals surface area (Å²) in [7, 11) is -10.3. The number of sulfone groups is 1. The maximum Gasteiger partial charge on any atom is 0.501 e. The normalized spacial score (nSPS) is 14.3. The summed E-state index contributed by atoms with van der Waals surface area (Å²) in [5, 5.41) is 8.09. The van der Waals surface area contributed by atoms with E-state index in [4.69, 9.17) is 9.56 Å². The van der Waals surface area contributed by atoms with Crippen molar-refractivity contribution < 1.29 is 34.4 Å². The van der Waals surface area contributed by atoms with Gasteiger partial charge in [0.15, 0.2) is 8.32 Å². The van der Waals surface area contributed by atoms with Gasteiger partial charge in [0.2, 0.25) is 10.0 Å². The molecule has 1 unspecified atom stereocenters. The third-order valence-electron chi connectivity index (χ3n) is 7.03. The Morgan fingerprint density at radius 3 is 2.17 bits per heavy atom. The van der Waals surface area contributed by atoms with Crippen LogP contribution in [0.4, 0.5) is 18.9 Å². The van der Waals surface area contributed by atoms with E-state index in [2.05, 4.69) is 39.2 Å². The van der Waals surface area contributed by atoms with Gasteiger partial charge in [-0.3, -0.25) is 0 Å². The molecule has 232 valence electrons. The first kappa shape index (κ1) is 35.6. The van der Waals surface area contributed by atoms with Crippen LogP contribution in [0.2, 0.25) is 18.1 Å². The lowest BCUT2D eigenvalue weighted by Crippen LogP contribution is -2.42. The molecule has 1 atom stereocenters. The van der Waals surface area contributed by atoms with Gasteiger partial charge >= 0.3 is 5.51 Å². The lowest BCUT2D eigenvalue weighted by molar-refractivity contribution is -0.0435. The number of halogens is 3. The molecule has 2 aromatic rings. The Balaban J connectivity index is 2.29. The van der Waals surface area contributed by atoms with Gasteiger partial charge < -0.3 is 14.6 Å². The van der Waals surface area contributed by atoms with Gasteiger partial charge in [-0.25, -0.2) is 22.0 Å². The maximum absolute atomic E-state index is 13.5. The molecule has 0 spiro atoms. The number of nitrogens with one attached hydrogen (secondary N) is 1. The Morgan fingerprint density at radius 1 is 1.02 bits per heavy atom. The van der Waals surface area contributed by atoms with Gasteiger partial charge in [-0.2, -0.15) is 13.2 Å². The first-order valence-corrected chi connectivity index (χ1v) is 19.8. The summed E-state index contributed by atoms with van der Waals surface area (Å²) >= 11 is 1.46. The number of hydrogen-bond acceptors (Lipinski definition) is 8. The average molecular weight is 656 g/mol. The highest BCUT2D eigenvalue weighted by Crippen LogP contribution is 2.37. The third-order valence-corrected chi connectivity index (χ3v) is 15.2. The predicted molar refractivity (Wildman–Crippen MR) is 161 cm³/mol. The van der Waals surface area contributed by atoms with Crippen molar-refractivity contribution in [3.05, 3.63) is 48.5 Å². The second-order valence-corrected chi connectivity index (χ2v) is 20.7. The molecular weight excluding hydrogens is 616 g/mol. The van der Waals surface area contributed by atoms with Crippen LogP contribution in [-0.2, 0) is 24.3 Å². The number of anilines is 1. The molecular formula is C26H40F3N3O5S3Si. The molecule has 0 aliphatic heterocycles. The number of alkyl halides is 3. The van der Waals surface area contributed by atoms with Crippen LogP contribution in [0.25, 0.3) is 0 Å². The maximum atomic E-state index is 13.5. The third kappa shape index (κ3) is 10.3. The van der Waals surface area contributed by atoms with E-state index in [-0.39, 0.29) is 10.7 Å². The number of nitrogens with two attached hydrogens (primary N) is 1. The number of primary sulfonamides is 1. The molecule has 15 heteroatoms. The van der Waals surface area contributed by atoms with E-state index < -0.39 is 49.5 Å². The van der Waals surface area contributed by atoms with Gasteiger partial charge in [-0.05, 0) is 68.5 Å². The van der Waals surface area contributed by atoms with Crippen molar-refractivity contribution >= 4 is 45.6 Å². The molecule has 0 amide bonds. The second kappa shape index (κ2) is 13.8. The summed E-state index contributed by atoms with van der Waals surface area (Å²) in [6, 6.07) is 11.4. The van der Waals surface area contributed by atoms with Crippen molar-refractivity contribution in [2.75, 3.05) is 37.8 Å².